The summed E-state index contributed by atoms with van der Waals surface area (Å²) in [6, 6.07) is 1.29. The lowest BCUT2D eigenvalue weighted by Gasteiger charge is -2.43. The molecule has 2 atom stereocenters. The minimum Gasteiger partial charge on any atom is -0.375 e. The van der Waals surface area contributed by atoms with Crippen LogP contribution in [-0.2, 0) is 4.74 Å². The maximum absolute atomic E-state index is 5.77. The molecule has 1 heterocycles. The Hall–Kier alpha value is -0.0800. The van der Waals surface area contributed by atoms with Gasteiger partial charge in [-0.15, -0.1) is 0 Å². The van der Waals surface area contributed by atoms with E-state index in [9.17, 15) is 0 Å². The van der Waals surface area contributed by atoms with Crippen molar-refractivity contribution < 1.29 is 4.74 Å². The summed E-state index contributed by atoms with van der Waals surface area (Å²) in [5.74, 6) is 0. The molecule has 0 amide bonds. The average Bonchev–Trinajstić information content (AvgIpc) is 2.16. The van der Waals surface area contributed by atoms with Crippen LogP contribution in [0.15, 0.2) is 0 Å². The molecule has 2 unspecified atom stereocenters. The van der Waals surface area contributed by atoms with E-state index in [2.05, 4.69) is 32.6 Å². The van der Waals surface area contributed by atoms with Crippen molar-refractivity contribution in [2.75, 3.05) is 13.2 Å². The molecule has 1 aliphatic rings. The van der Waals surface area contributed by atoms with Crippen LogP contribution < -0.4 is 0 Å². The Kier molecular flexibility index (Phi) is 4.20. The minimum absolute atomic E-state index is 0.459. The number of nitrogens with zero attached hydrogens (tertiary/aromatic N) is 1. The van der Waals surface area contributed by atoms with E-state index in [1.807, 2.05) is 0 Å². The van der Waals surface area contributed by atoms with Gasteiger partial charge in [-0.25, -0.2) is 0 Å². The van der Waals surface area contributed by atoms with Gasteiger partial charge in [-0.1, -0.05) is 13.8 Å². The van der Waals surface area contributed by atoms with Crippen LogP contribution in [0.3, 0.4) is 0 Å². The number of hydrogen-bond donors (Lipinski definition) is 0. The normalized spacial score (nSPS) is 31.2. The van der Waals surface area contributed by atoms with Crippen LogP contribution >= 0.6 is 0 Å². The summed E-state index contributed by atoms with van der Waals surface area (Å²) in [6.07, 6.45) is 2.81. The molecule has 0 bridgehead atoms. The van der Waals surface area contributed by atoms with Gasteiger partial charge in [0.15, 0.2) is 0 Å². The van der Waals surface area contributed by atoms with Crippen molar-refractivity contribution in [3.05, 3.63) is 0 Å². The maximum atomic E-state index is 5.77. The first-order valence-corrected chi connectivity index (χ1v) is 5.58. The van der Waals surface area contributed by atoms with Gasteiger partial charge in [0, 0.05) is 18.6 Å². The molecule has 0 aliphatic carbocycles. The Labute approximate surface area is 82.3 Å². The first kappa shape index (κ1) is 11.0. The fraction of sp³-hybridized carbons (Fsp3) is 1.00. The number of morpholine rings is 1. The second-order valence-electron chi connectivity index (χ2n) is 4.12. The summed E-state index contributed by atoms with van der Waals surface area (Å²) >= 11 is 0. The van der Waals surface area contributed by atoms with Gasteiger partial charge in [-0.3, -0.25) is 4.90 Å². The molecule has 1 fully saturated rings. The Morgan fingerprint density at radius 1 is 1.31 bits per heavy atom. The topological polar surface area (TPSA) is 12.5 Å². The van der Waals surface area contributed by atoms with Gasteiger partial charge in [0.05, 0.1) is 12.7 Å². The van der Waals surface area contributed by atoms with Crippen LogP contribution in [0.2, 0.25) is 0 Å². The van der Waals surface area contributed by atoms with Gasteiger partial charge >= 0.3 is 0 Å². The summed E-state index contributed by atoms with van der Waals surface area (Å²) in [6.45, 7) is 11.1. The fourth-order valence-electron chi connectivity index (χ4n) is 2.33. The van der Waals surface area contributed by atoms with Gasteiger partial charge in [0.2, 0.25) is 0 Å². The second kappa shape index (κ2) is 4.97. The molecule has 0 radical (unpaired) electrons. The predicted octanol–water partition coefficient (Wildman–Crippen LogP) is 2.28. The highest BCUT2D eigenvalue weighted by atomic mass is 16.5. The van der Waals surface area contributed by atoms with Gasteiger partial charge in [0.1, 0.15) is 0 Å². The summed E-state index contributed by atoms with van der Waals surface area (Å²) in [4.78, 5) is 2.58. The predicted molar refractivity (Wildman–Crippen MR) is 56.0 cm³/mol. The highest BCUT2D eigenvalue weighted by Crippen LogP contribution is 2.21. The number of rotatable bonds is 3. The van der Waals surface area contributed by atoms with E-state index in [-0.39, 0.29) is 0 Å². The van der Waals surface area contributed by atoms with Crippen molar-refractivity contribution in [1.82, 2.24) is 4.90 Å². The lowest BCUT2D eigenvalue weighted by atomic mass is 10.0. The van der Waals surface area contributed by atoms with E-state index in [0.717, 1.165) is 19.6 Å². The molecule has 13 heavy (non-hydrogen) atoms. The Morgan fingerprint density at radius 3 is 2.46 bits per heavy atom. The Balaban J connectivity index is 2.61. The molecule has 1 aliphatic heterocycles. The first-order chi connectivity index (χ1) is 6.20. The van der Waals surface area contributed by atoms with Crippen LogP contribution in [-0.4, -0.2) is 36.2 Å². The third kappa shape index (κ3) is 2.44. The Bertz CT molecular complexity index is 147. The molecular formula is C11H23NO. The molecular weight excluding hydrogens is 162 g/mol. The number of ether oxygens (including phenoxy) is 1. The average molecular weight is 185 g/mol. The third-order valence-electron chi connectivity index (χ3n) is 3.02. The Morgan fingerprint density at radius 2 is 2.00 bits per heavy atom. The molecule has 0 aromatic carbocycles. The van der Waals surface area contributed by atoms with E-state index in [4.69, 9.17) is 4.74 Å². The standard InChI is InChI=1S/C11H23NO/c1-5-10-11(6-2)13-8-7-12(10)9(3)4/h9-11H,5-8H2,1-4H3. The molecule has 78 valence electrons. The van der Waals surface area contributed by atoms with Crippen LogP contribution in [0, 0.1) is 0 Å². The zero-order chi connectivity index (χ0) is 9.84. The zero-order valence-corrected chi connectivity index (χ0v) is 9.42. The maximum Gasteiger partial charge on any atom is 0.0728 e. The minimum atomic E-state index is 0.459. The van der Waals surface area contributed by atoms with Crippen molar-refractivity contribution in [3.63, 3.8) is 0 Å². The molecule has 0 aromatic rings. The van der Waals surface area contributed by atoms with Crippen LogP contribution in [0.1, 0.15) is 40.5 Å². The van der Waals surface area contributed by atoms with E-state index >= 15 is 0 Å². The SMILES string of the molecule is CCC1OCCN(C(C)C)C1CC. The van der Waals surface area contributed by atoms with Crippen molar-refractivity contribution in [2.24, 2.45) is 0 Å². The van der Waals surface area contributed by atoms with Gasteiger partial charge in [0.25, 0.3) is 0 Å². The lowest BCUT2D eigenvalue weighted by Crippen LogP contribution is -2.53. The second-order valence-corrected chi connectivity index (χ2v) is 4.12. The lowest BCUT2D eigenvalue weighted by molar-refractivity contribution is -0.0837. The molecule has 0 spiro atoms. The highest BCUT2D eigenvalue weighted by molar-refractivity contribution is 4.83. The molecule has 2 nitrogen and oxygen atoms in total. The fourth-order valence-corrected chi connectivity index (χ4v) is 2.33. The summed E-state index contributed by atoms with van der Waals surface area (Å²) in [5.41, 5.74) is 0. The van der Waals surface area contributed by atoms with Gasteiger partial charge in [-0.2, -0.15) is 0 Å². The molecule has 1 saturated heterocycles. The van der Waals surface area contributed by atoms with Crippen molar-refractivity contribution >= 4 is 0 Å². The zero-order valence-electron chi connectivity index (χ0n) is 9.42. The van der Waals surface area contributed by atoms with Crippen molar-refractivity contribution in [1.29, 1.82) is 0 Å². The first-order valence-electron chi connectivity index (χ1n) is 5.58. The van der Waals surface area contributed by atoms with Crippen LogP contribution in [0.4, 0.5) is 0 Å². The van der Waals surface area contributed by atoms with E-state index in [1.54, 1.807) is 0 Å². The number of hydrogen-bond acceptors (Lipinski definition) is 2. The molecule has 1 rings (SSSR count). The van der Waals surface area contributed by atoms with E-state index < -0.39 is 0 Å². The molecule has 0 N–H and O–H groups in total. The third-order valence-corrected chi connectivity index (χ3v) is 3.02. The summed E-state index contributed by atoms with van der Waals surface area (Å²) < 4.78 is 5.77. The van der Waals surface area contributed by atoms with Gasteiger partial charge in [-0.05, 0) is 26.7 Å². The van der Waals surface area contributed by atoms with Crippen LogP contribution in [0.5, 0.6) is 0 Å². The smallest absolute Gasteiger partial charge is 0.0728 e. The van der Waals surface area contributed by atoms with Crippen molar-refractivity contribution in [2.45, 2.75) is 58.7 Å². The largest absolute Gasteiger partial charge is 0.375 e. The molecule has 2 heteroatoms. The summed E-state index contributed by atoms with van der Waals surface area (Å²) in [5, 5.41) is 0. The van der Waals surface area contributed by atoms with E-state index in [0.29, 0.717) is 18.2 Å². The molecule has 0 saturated carbocycles. The summed E-state index contributed by atoms with van der Waals surface area (Å²) in [7, 11) is 0. The highest BCUT2D eigenvalue weighted by Gasteiger charge is 2.30. The monoisotopic (exact) mass is 185 g/mol. The van der Waals surface area contributed by atoms with Crippen molar-refractivity contribution in [3.8, 4) is 0 Å². The quantitative estimate of drug-likeness (QED) is 0.669. The molecule has 0 aromatic heterocycles. The van der Waals surface area contributed by atoms with Crippen LogP contribution in [0.25, 0.3) is 0 Å². The van der Waals surface area contributed by atoms with Gasteiger partial charge < -0.3 is 4.74 Å². The van der Waals surface area contributed by atoms with E-state index in [1.165, 1.54) is 6.42 Å².